The highest BCUT2D eigenvalue weighted by Gasteiger charge is 2.63. The van der Waals surface area contributed by atoms with Crippen molar-refractivity contribution in [3.63, 3.8) is 0 Å². The highest BCUT2D eigenvalue weighted by atomic mass is 16.5. The second kappa shape index (κ2) is 8.68. The van der Waals surface area contributed by atoms with Gasteiger partial charge in [-0.25, -0.2) is 0 Å². The molecule has 1 aromatic carbocycles. The van der Waals surface area contributed by atoms with Crippen molar-refractivity contribution in [3.8, 4) is 0 Å². The molecule has 4 heteroatoms. The molecule has 33 heavy (non-hydrogen) atoms. The number of aliphatic hydroxyl groups is 1. The van der Waals surface area contributed by atoms with E-state index in [-0.39, 0.29) is 16.7 Å². The van der Waals surface area contributed by atoms with Crippen LogP contribution in [0.2, 0.25) is 0 Å². The molecule has 1 aromatic rings. The molecule has 8 atom stereocenters. The molecule has 4 nitrogen and oxygen atoms in total. The molecular weight excluding hydrogens is 410 g/mol. The Morgan fingerprint density at radius 2 is 1.82 bits per heavy atom. The lowest BCUT2D eigenvalue weighted by molar-refractivity contribution is -0.175. The Morgan fingerprint density at radius 3 is 2.58 bits per heavy atom. The molecule has 0 aromatic heterocycles. The van der Waals surface area contributed by atoms with Crippen LogP contribution >= 0.6 is 0 Å². The summed E-state index contributed by atoms with van der Waals surface area (Å²) in [6.45, 7) is 5.74. The number of hydrogen-bond donors (Lipinski definition) is 2. The van der Waals surface area contributed by atoms with E-state index in [2.05, 4.69) is 12.2 Å². The molecule has 0 unspecified atom stereocenters. The predicted octanol–water partition coefficient (Wildman–Crippen LogP) is 5.70. The van der Waals surface area contributed by atoms with Crippen LogP contribution in [0.25, 0.3) is 0 Å². The van der Waals surface area contributed by atoms with E-state index in [9.17, 15) is 9.90 Å². The second-order valence-corrected chi connectivity index (χ2v) is 12.4. The summed E-state index contributed by atoms with van der Waals surface area (Å²) < 4.78 is 5.88. The first-order valence-electron chi connectivity index (χ1n) is 13.3. The quantitative estimate of drug-likeness (QED) is 0.580. The molecule has 4 fully saturated rings. The third kappa shape index (κ3) is 3.95. The predicted molar refractivity (Wildman–Crippen MR) is 132 cm³/mol. The Bertz CT molecular complexity index is 854. The molecule has 0 amide bonds. The number of nitrogens with one attached hydrogen (secondary N) is 1. The Hall–Kier alpha value is -1.39. The van der Waals surface area contributed by atoms with E-state index in [4.69, 9.17) is 4.74 Å². The molecule has 2 N–H and O–H groups in total. The number of benzene rings is 1. The van der Waals surface area contributed by atoms with Gasteiger partial charge in [0.2, 0.25) is 0 Å². The molecule has 5 rings (SSSR count). The summed E-state index contributed by atoms with van der Waals surface area (Å²) in [5.41, 5.74) is 0.868. The lowest BCUT2D eigenvalue weighted by Crippen LogP contribution is -2.58. The van der Waals surface area contributed by atoms with Crippen LogP contribution < -0.4 is 5.32 Å². The first kappa shape index (κ1) is 23.4. The lowest BCUT2D eigenvalue weighted by atomic mass is 9.43. The van der Waals surface area contributed by atoms with Gasteiger partial charge in [-0.3, -0.25) is 4.79 Å². The zero-order valence-electron chi connectivity index (χ0n) is 20.8. The van der Waals surface area contributed by atoms with E-state index < -0.39 is 5.60 Å². The van der Waals surface area contributed by atoms with E-state index >= 15 is 0 Å². The summed E-state index contributed by atoms with van der Waals surface area (Å²) in [5.74, 6) is 3.19. The van der Waals surface area contributed by atoms with Crippen molar-refractivity contribution in [1.29, 1.82) is 0 Å². The number of Topliss-reactive ketones (excluding diaryl/α,β-unsaturated/α-hetero) is 1. The van der Waals surface area contributed by atoms with E-state index in [0.29, 0.717) is 36.0 Å². The zero-order chi connectivity index (χ0) is 23.3. The number of rotatable bonds is 6. The van der Waals surface area contributed by atoms with Crippen LogP contribution in [0.4, 0.5) is 5.69 Å². The molecule has 0 spiro atoms. The molecule has 0 heterocycles. The summed E-state index contributed by atoms with van der Waals surface area (Å²) in [5, 5.41) is 14.2. The van der Waals surface area contributed by atoms with Gasteiger partial charge in [-0.2, -0.15) is 0 Å². The minimum atomic E-state index is -0.519. The second-order valence-electron chi connectivity index (χ2n) is 12.4. The number of ether oxygens (including phenoxy) is 1. The van der Waals surface area contributed by atoms with Crippen molar-refractivity contribution in [2.75, 3.05) is 25.6 Å². The number of carbonyl (C=O) groups excluding carboxylic acids is 1. The van der Waals surface area contributed by atoms with Gasteiger partial charge >= 0.3 is 0 Å². The summed E-state index contributed by atoms with van der Waals surface area (Å²) in [6, 6.07) is 10.1. The SMILES string of the molecule is COC[C@]12CC[C@@](C)(O)C[C@H]1CC[C@H]1[C@@H]3CC[C@H](C(=O)CNc4ccccc4)[C@@]3(C)CC[C@@H]12. The summed E-state index contributed by atoms with van der Waals surface area (Å²) in [7, 11) is 1.86. The zero-order valence-corrected chi connectivity index (χ0v) is 20.8. The van der Waals surface area contributed by atoms with E-state index in [0.717, 1.165) is 44.4 Å². The maximum Gasteiger partial charge on any atom is 0.155 e. The Balaban J connectivity index is 1.33. The number of ketones is 1. The van der Waals surface area contributed by atoms with Crippen molar-refractivity contribution in [2.45, 2.75) is 77.2 Å². The van der Waals surface area contributed by atoms with Crippen LogP contribution in [0.3, 0.4) is 0 Å². The van der Waals surface area contributed by atoms with Crippen LogP contribution in [0.1, 0.15) is 71.6 Å². The molecule has 4 aliphatic carbocycles. The Kier molecular flexibility index (Phi) is 6.14. The fourth-order valence-electron chi connectivity index (χ4n) is 9.18. The van der Waals surface area contributed by atoms with Crippen LogP contribution in [0.15, 0.2) is 30.3 Å². The molecule has 0 saturated heterocycles. The molecule has 0 radical (unpaired) electrons. The number of carbonyl (C=O) groups is 1. The van der Waals surface area contributed by atoms with E-state index in [1.807, 2.05) is 44.4 Å². The Morgan fingerprint density at radius 1 is 1.03 bits per heavy atom. The topological polar surface area (TPSA) is 58.6 Å². The average molecular weight is 454 g/mol. The number of methoxy groups -OCH3 is 1. The first-order chi connectivity index (χ1) is 15.8. The molecule has 0 aliphatic heterocycles. The van der Waals surface area contributed by atoms with Gasteiger partial charge in [-0.15, -0.1) is 0 Å². The molecule has 0 bridgehead atoms. The average Bonchev–Trinajstić information content (AvgIpc) is 3.16. The van der Waals surface area contributed by atoms with Gasteiger partial charge in [0.05, 0.1) is 18.8 Å². The number of hydrogen-bond acceptors (Lipinski definition) is 4. The summed E-state index contributed by atoms with van der Waals surface area (Å²) >= 11 is 0. The van der Waals surface area contributed by atoms with E-state index in [1.54, 1.807) is 0 Å². The third-order valence-corrected chi connectivity index (χ3v) is 10.7. The van der Waals surface area contributed by atoms with Gasteiger partial charge in [0.25, 0.3) is 0 Å². The van der Waals surface area contributed by atoms with Crippen LogP contribution in [0, 0.1) is 40.4 Å². The van der Waals surface area contributed by atoms with Gasteiger partial charge < -0.3 is 15.2 Å². The molecular formula is C29H43NO3. The standard InChI is InChI=1S/C29H43NO3/c1-27(32)15-16-29(19-33-3)20(17-27)9-10-22-23-11-12-25(28(23,2)14-13-24(22)29)26(31)18-30-21-7-5-4-6-8-21/h4-8,20,22-25,30,32H,9-19H2,1-3H3/t20-,22+,23+,24+,25-,27-,28+,29-/m1/s1. The molecule has 182 valence electrons. The van der Waals surface area contributed by atoms with Gasteiger partial charge in [-0.05, 0) is 111 Å². The minimum Gasteiger partial charge on any atom is -0.390 e. The third-order valence-electron chi connectivity index (χ3n) is 10.7. The lowest BCUT2D eigenvalue weighted by Gasteiger charge is -2.62. The fourth-order valence-corrected chi connectivity index (χ4v) is 9.18. The van der Waals surface area contributed by atoms with Crippen molar-refractivity contribution in [1.82, 2.24) is 0 Å². The summed E-state index contributed by atoms with van der Waals surface area (Å²) in [6.07, 6.45) is 10.0. The van der Waals surface area contributed by atoms with Crippen LogP contribution in [-0.4, -0.2) is 36.8 Å². The van der Waals surface area contributed by atoms with Gasteiger partial charge in [0.15, 0.2) is 5.78 Å². The normalized spacial score (nSPS) is 44.4. The van der Waals surface area contributed by atoms with Crippen molar-refractivity contribution in [3.05, 3.63) is 30.3 Å². The van der Waals surface area contributed by atoms with Crippen LogP contribution in [0.5, 0.6) is 0 Å². The number of anilines is 1. The maximum absolute atomic E-state index is 13.4. The van der Waals surface area contributed by atoms with Crippen molar-refractivity contribution in [2.24, 2.45) is 40.4 Å². The smallest absolute Gasteiger partial charge is 0.155 e. The molecule has 4 saturated carbocycles. The number of para-hydroxylation sites is 1. The summed E-state index contributed by atoms with van der Waals surface area (Å²) in [4.78, 5) is 13.4. The largest absolute Gasteiger partial charge is 0.390 e. The fraction of sp³-hybridized carbons (Fsp3) is 0.759. The monoisotopic (exact) mass is 453 g/mol. The molecule has 4 aliphatic rings. The Labute approximate surface area is 199 Å². The first-order valence-corrected chi connectivity index (χ1v) is 13.3. The highest BCUT2D eigenvalue weighted by molar-refractivity contribution is 5.86. The van der Waals surface area contributed by atoms with Crippen molar-refractivity contribution >= 4 is 11.5 Å². The van der Waals surface area contributed by atoms with Gasteiger partial charge in [0, 0.05) is 18.7 Å². The maximum atomic E-state index is 13.4. The number of fused-ring (bicyclic) bond motifs is 5. The minimum absolute atomic E-state index is 0.137. The highest BCUT2D eigenvalue weighted by Crippen LogP contribution is 2.68. The van der Waals surface area contributed by atoms with Gasteiger partial charge in [0.1, 0.15) is 0 Å². The van der Waals surface area contributed by atoms with Crippen molar-refractivity contribution < 1.29 is 14.6 Å². The van der Waals surface area contributed by atoms with Gasteiger partial charge in [-0.1, -0.05) is 25.1 Å². The van der Waals surface area contributed by atoms with Crippen LogP contribution in [-0.2, 0) is 9.53 Å². The van der Waals surface area contributed by atoms with E-state index in [1.165, 1.54) is 25.7 Å².